The summed E-state index contributed by atoms with van der Waals surface area (Å²) in [6, 6.07) is 0. The minimum atomic E-state index is 1.01. The van der Waals surface area contributed by atoms with E-state index in [9.17, 15) is 0 Å². The predicted molar refractivity (Wildman–Crippen MR) is 70.2 cm³/mol. The van der Waals surface area contributed by atoms with Gasteiger partial charge in [0, 0.05) is 0 Å². The van der Waals surface area contributed by atoms with E-state index >= 15 is 0 Å². The Morgan fingerprint density at radius 1 is 0.857 bits per heavy atom. The number of thioether (sulfide) groups is 1. The second-order valence-corrected chi connectivity index (χ2v) is 5.40. The van der Waals surface area contributed by atoms with Crippen LogP contribution in [0.2, 0.25) is 0 Å². The van der Waals surface area contributed by atoms with Crippen LogP contribution in [0.1, 0.15) is 65.7 Å². The Kier molecular flexibility index (Phi) is 11.7. The summed E-state index contributed by atoms with van der Waals surface area (Å²) >= 11 is 2.13. The van der Waals surface area contributed by atoms with Gasteiger partial charge in [0.2, 0.25) is 0 Å². The van der Waals surface area contributed by atoms with Gasteiger partial charge in [0.1, 0.15) is 0 Å². The minimum absolute atomic E-state index is 1.01. The van der Waals surface area contributed by atoms with E-state index in [0.29, 0.717) is 0 Å². The first-order valence-corrected chi connectivity index (χ1v) is 7.58. The summed E-state index contributed by atoms with van der Waals surface area (Å²) in [7, 11) is 0. The highest BCUT2D eigenvalue weighted by Gasteiger charge is 2.04. The topological polar surface area (TPSA) is 0 Å². The van der Waals surface area contributed by atoms with Gasteiger partial charge in [0.25, 0.3) is 0 Å². The van der Waals surface area contributed by atoms with Gasteiger partial charge in [-0.25, -0.2) is 0 Å². The van der Waals surface area contributed by atoms with Crippen LogP contribution in [0.5, 0.6) is 0 Å². The molecule has 0 N–H and O–H groups in total. The smallest absolute Gasteiger partial charge is 0.00674 e. The van der Waals surface area contributed by atoms with Crippen molar-refractivity contribution < 1.29 is 0 Å². The zero-order chi connectivity index (χ0) is 10.6. The Labute approximate surface area is 95.2 Å². The quantitative estimate of drug-likeness (QED) is 0.456. The van der Waals surface area contributed by atoms with Crippen molar-refractivity contribution in [1.82, 2.24) is 0 Å². The fraction of sp³-hybridized carbons (Fsp3) is 1.00. The molecule has 0 saturated heterocycles. The highest BCUT2D eigenvalue weighted by molar-refractivity contribution is 7.99. The van der Waals surface area contributed by atoms with Crippen LogP contribution in [-0.4, -0.2) is 11.5 Å². The van der Waals surface area contributed by atoms with E-state index in [4.69, 9.17) is 0 Å². The van der Waals surface area contributed by atoms with E-state index in [1.54, 1.807) is 0 Å². The van der Waals surface area contributed by atoms with E-state index < -0.39 is 0 Å². The van der Waals surface area contributed by atoms with Crippen LogP contribution < -0.4 is 0 Å². The normalized spacial score (nSPS) is 13.1. The molecule has 0 fully saturated rings. The molecule has 0 aliphatic carbocycles. The Balaban J connectivity index is 3.24. The van der Waals surface area contributed by atoms with Gasteiger partial charge in [0.05, 0.1) is 0 Å². The van der Waals surface area contributed by atoms with Crippen molar-refractivity contribution in [2.24, 2.45) is 5.92 Å². The van der Waals surface area contributed by atoms with Crippen molar-refractivity contribution in [1.29, 1.82) is 0 Å². The van der Waals surface area contributed by atoms with Crippen LogP contribution in [-0.2, 0) is 0 Å². The van der Waals surface area contributed by atoms with Gasteiger partial charge in [-0.3, -0.25) is 0 Å². The molecular formula is C13H28S. The van der Waals surface area contributed by atoms with E-state index in [1.807, 2.05) is 0 Å². The van der Waals surface area contributed by atoms with Gasteiger partial charge in [-0.15, -0.1) is 0 Å². The maximum atomic E-state index is 2.35. The summed E-state index contributed by atoms with van der Waals surface area (Å²) in [6.07, 6.45) is 9.88. The molecule has 0 aromatic carbocycles. The minimum Gasteiger partial charge on any atom is -0.162 e. The van der Waals surface area contributed by atoms with Crippen LogP contribution in [0.15, 0.2) is 0 Å². The first kappa shape index (κ1) is 14.3. The fourth-order valence-corrected chi connectivity index (χ4v) is 2.63. The molecule has 0 nitrogen and oxygen atoms in total. The zero-order valence-corrected chi connectivity index (χ0v) is 11.2. The second kappa shape index (κ2) is 11.4. The molecule has 0 heterocycles. The average molecular weight is 216 g/mol. The highest BCUT2D eigenvalue weighted by atomic mass is 32.2. The van der Waals surface area contributed by atoms with Crippen molar-refractivity contribution in [3.8, 4) is 0 Å². The monoisotopic (exact) mass is 216 g/mol. The lowest BCUT2D eigenvalue weighted by Gasteiger charge is -2.13. The SMILES string of the molecule is CCCCC(CC)CCCSCCC. The fourth-order valence-electron chi connectivity index (χ4n) is 1.77. The molecule has 14 heavy (non-hydrogen) atoms. The maximum Gasteiger partial charge on any atom is -0.00674 e. The Morgan fingerprint density at radius 2 is 1.57 bits per heavy atom. The number of unbranched alkanes of at least 4 members (excludes halogenated alkanes) is 1. The van der Waals surface area contributed by atoms with Crippen LogP contribution in [0.25, 0.3) is 0 Å². The van der Waals surface area contributed by atoms with E-state index in [1.165, 1.54) is 56.5 Å². The van der Waals surface area contributed by atoms with Crippen LogP contribution in [0.4, 0.5) is 0 Å². The van der Waals surface area contributed by atoms with Gasteiger partial charge < -0.3 is 0 Å². The molecule has 1 heteroatoms. The van der Waals surface area contributed by atoms with Crippen LogP contribution in [0, 0.1) is 5.92 Å². The van der Waals surface area contributed by atoms with Gasteiger partial charge in [0.15, 0.2) is 0 Å². The van der Waals surface area contributed by atoms with Crippen molar-refractivity contribution in [3.05, 3.63) is 0 Å². The molecule has 1 unspecified atom stereocenters. The first-order chi connectivity index (χ1) is 6.85. The van der Waals surface area contributed by atoms with Gasteiger partial charge >= 0.3 is 0 Å². The predicted octanol–water partition coefficient (Wildman–Crippen LogP) is 5.13. The Bertz CT molecular complexity index is 101. The molecule has 0 aliphatic rings. The summed E-state index contributed by atoms with van der Waals surface area (Å²) in [5, 5.41) is 0. The van der Waals surface area contributed by atoms with Crippen molar-refractivity contribution in [2.45, 2.75) is 65.7 Å². The van der Waals surface area contributed by atoms with Crippen molar-refractivity contribution in [2.75, 3.05) is 11.5 Å². The third kappa shape index (κ3) is 8.93. The van der Waals surface area contributed by atoms with Crippen LogP contribution in [0.3, 0.4) is 0 Å². The average Bonchev–Trinajstić information content (AvgIpc) is 2.22. The van der Waals surface area contributed by atoms with Crippen molar-refractivity contribution in [3.63, 3.8) is 0 Å². The molecule has 0 spiro atoms. The summed E-state index contributed by atoms with van der Waals surface area (Å²) in [5.74, 6) is 3.75. The molecular weight excluding hydrogens is 188 g/mol. The molecule has 0 rings (SSSR count). The lowest BCUT2D eigenvalue weighted by Crippen LogP contribution is -1.99. The van der Waals surface area contributed by atoms with Crippen LogP contribution >= 0.6 is 11.8 Å². The molecule has 0 bridgehead atoms. The lowest BCUT2D eigenvalue weighted by molar-refractivity contribution is 0.418. The lowest BCUT2D eigenvalue weighted by atomic mass is 9.95. The molecule has 0 amide bonds. The molecule has 1 atom stereocenters. The largest absolute Gasteiger partial charge is 0.162 e. The standard InChI is InChI=1S/C13H28S/c1-4-7-9-13(6-3)10-8-12-14-11-5-2/h13H,4-12H2,1-3H3. The molecule has 0 radical (unpaired) electrons. The third-order valence-electron chi connectivity index (χ3n) is 2.79. The van der Waals surface area contributed by atoms with Crippen molar-refractivity contribution >= 4 is 11.8 Å². The van der Waals surface area contributed by atoms with E-state index in [0.717, 1.165) is 5.92 Å². The number of hydrogen-bond acceptors (Lipinski definition) is 1. The Morgan fingerprint density at radius 3 is 2.14 bits per heavy atom. The van der Waals surface area contributed by atoms with E-state index in [2.05, 4.69) is 32.5 Å². The van der Waals surface area contributed by atoms with Gasteiger partial charge in [-0.1, -0.05) is 46.5 Å². The maximum absolute atomic E-state index is 2.35. The Hall–Kier alpha value is 0.350. The molecule has 0 aromatic heterocycles. The second-order valence-electron chi connectivity index (χ2n) is 4.17. The summed E-state index contributed by atoms with van der Waals surface area (Å²) in [4.78, 5) is 0. The molecule has 0 saturated carbocycles. The summed E-state index contributed by atoms with van der Waals surface area (Å²) < 4.78 is 0. The van der Waals surface area contributed by atoms with E-state index in [-0.39, 0.29) is 0 Å². The zero-order valence-electron chi connectivity index (χ0n) is 10.3. The number of hydrogen-bond donors (Lipinski definition) is 0. The first-order valence-electron chi connectivity index (χ1n) is 6.42. The molecule has 86 valence electrons. The number of rotatable bonds is 10. The molecule has 0 aromatic rings. The summed E-state index contributed by atoms with van der Waals surface area (Å²) in [5.41, 5.74) is 0. The van der Waals surface area contributed by atoms with Gasteiger partial charge in [-0.05, 0) is 36.7 Å². The molecule has 0 aliphatic heterocycles. The summed E-state index contributed by atoms with van der Waals surface area (Å²) in [6.45, 7) is 6.91. The highest BCUT2D eigenvalue weighted by Crippen LogP contribution is 2.19. The third-order valence-corrected chi connectivity index (χ3v) is 4.07. The van der Waals surface area contributed by atoms with Gasteiger partial charge in [-0.2, -0.15) is 11.8 Å².